The van der Waals surface area contributed by atoms with E-state index in [9.17, 15) is 52.7 Å². The van der Waals surface area contributed by atoms with Gasteiger partial charge in [0.2, 0.25) is 59.1 Å². The van der Waals surface area contributed by atoms with Crippen LogP contribution in [0.3, 0.4) is 0 Å². The van der Waals surface area contributed by atoms with Crippen molar-refractivity contribution in [1.82, 2.24) is 47.9 Å². The lowest BCUT2D eigenvalue weighted by Crippen LogP contribution is -2.54. The van der Waals surface area contributed by atoms with E-state index in [2.05, 4.69) is 47.9 Å². The Bertz CT molecular complexity index is 1410. The predicted octanol–water partition coefficient (Wildman–Crippen LogP) is -7.24. The minimum atomic E-state index is -1.30. The van der Waals surface area contributed by atoms with Gasteiger partial charge in [-0.1, -0.05) is 0 Å². The molecule has 10 amide bonds. The first-order valence-corrected chi connectivity index (χ1v) is 17.2. The van der Waals surface area contributed by atoms with E-state index in [1.54, 1.807) is 0 Å². The topological polar surface area (TPSA) is 394 Å². The molecule has 0 radical (unpaired) electrons. The second-order valence-electron chi connectivity index (χ2n) is 12.3. The first-order chi connectivity index (χ1) is 25.7. The Morgan fingerprint density at radius 3 is 1.58 bits per heavy atom. The van der Waals surface area contributed by atoms with E-state index < -0.39 is 121 Å². The Morgan fingerprint density at radius 1 is 0.527 bits per heavy atom. The summed E-state index contributed by atoms with van der Waals surface area (Å²) >= 11 is 0. The number of carbonyl (C=O) groups excluding carboxylic acids is 10. The minimum absolute atomic E-state index is 0.00274. The van der Waals surface area contributed by atoms with Crippen LogP contribution < -0.4 is 65.1 Å². The molecule has 0 aliphatic heterocycles. The summed E-state index contributed by atoms with van der Waals surface area (Å²) in [5, 5.41) is 30.2. The molecule has 0 aromatic rings. The number of hydrogen-bond acceptors (Lipinski definition) is 13. The fourth-order valence-corrected chi connectivity index (χ4v) is 4.11. The third-order valence-electron chi connectivity index (χ3n) is 7.38. The lowest BCUT2D eigenvalue weighted by Gasteiger charge is -2.22. The van der Waals surface area contributed by atoms with E-state index >= 15 is 0 Å². The number of nitrogens with two attached hydrogens (primary N) is 3. The van der Waals surface area contributed by atoms with Gasteiger partial charge in [0.25, 0.3) is 0 Å². The van der Waals surface area contributed by atoms with Crippen LogP contribution in [-0.4, -0.2) is 139 Å². The van der Waals surface area contributed by atoms with Crippen molar-refractivity contribution in [3.8, 4) is 0 Å². The zero-order valence-electron chi connectivity index (χ0n) is 31.2. The van der Waals surface area contributed by atoms with Gasteiger partial charge in [0.15, 0.2) is 0 Å². The molecule has 0 saturated heterocycles. The average molecular weight is 787 g/mol. The predicted molar refractivity (Wildman–Crippen MR) is 191 cm³/mol. The highest BCUT2D eigenvalue weighted by atomic mass is 16.4. The number of aliphatic carboxylic acids is 1. The van der Waals surface area contributed by atoms with Crippen LogP contribution in [-0.2, 0) is 52.7 Å². The van der Waals surface area contributed by atoms with Gasteiger partial charge in [0, 0.05) is 13.0 Å². The Kier molecular flexibility index (Phi) is 23.2. The summed E-state index contributed by atoms with van der Waals surface area (Å²) in [6.07, 6.45) is -0.0413. The summed E-state index contributed by atoms with van der Waals surface area (Å²) in [7, 11) is 0. The van der Waals surface area contributed by atoms with Crippen molar-refractivity contribution < 1.29 is 57.8 Å². The third kappa shape index (κ3) is 22.0. The van der Waals surface area contributed by atoms with Crippen molar-refractivity contribution >= 4 is 65.0 Å². The number of rotatable bonds is 26. The molecule has 0 aliphatic rings. The standard InChI is InChI=1S/C31H54N12O12/c1-15(33)27(50)43-19(26(34)49)8-9-21(44)42-20(30(53)40-17(3)29(52)41-18(4)31(54)55)7-5-6-10-35-28(51)16(2)39-25(48)14-38-24(47)13-37-23(46)12-36-22(45)11-32/h15-20H,5-14,32-33H2,1-4H3,(H2,34,49)(H,35,51)(H,36,45)(H,37,46)(H,38,47)(H,39,48)(H,40,53)(H,41,52)(H,42,44)(H,43,50)(H,54,55). The second-order valence-corrected chi connectivity index (χ2v) is 12.3. The fourth-order valence-electron chi connectivity index (χ4n) is 4.11. The minimum Gasteiger partial charge on any atom is -0.480 e. The quantitative estimate of drug-likeness (QED) is 0.0363. The van der Waals surface area contributed by atoms with Gasteiger partial charge in [0.1, 0.15) is 30.2 Å². The molecule has 6 atom stereocenters. The van der Waals surface area contributed by atoms with Crippen molar-refractivity contribution in [3.05, 3.63) is 0 Å². The van der Waals surface area contributed by atoms with Gasteiger partial charge in [-0.2, -0.15) is 0 Å². The number of amides is 10. The van der Waals surface area contributed by atoms with Gasteiger partial charge < -0.3 is 70.2 Å². The van der Waals surface area contributed by atoms with Gasteiger partial charge in [0.05, 0.1) is 32.2 Å². The van der Waals surface area contributed by atoms with E-state index in [1.807, 2.05) is 0 Å². The second kappa shape index (κ2) is 26.0. The number of nitrogens with one attached hydrogen (secondary N) is 9. The summed E-state index contributed by atoms with van der Waals surface area (Å²) in [6.45, 7) is 3.70. The summed E-state index contributed by atoms with van der Waals surface area (Å²) in [5.74, 6) is -8.40. The SMILES string of the molecule is CC(N)C(=O)NC(CCC(=O)NC(CCCCNC(=O)C(C)NC(=O)CNC(=O)CNC(=O)CNC(=O)CN)C(=O)NC(C)C(=O)NC(C)C(=O)O)C(N)=O. The Morgan fingerprint density at radius 2 is 1.05 bits per heavy atom. The van der Waals surface area contributed by atoms with Crippen molar-refractivity contribution in [2.24, 2.45) is 17.2 Å². The van der Waals surface area contributed by atoms with Crippen LogP contribution >= 0.6 is 0 Å². The number of primary amides is 1. The highest BCUT2D eigenvalue weighted by Gasteiger charge is 2.27. The van der Waals surface area contributed by atoms with Crippen LogP contribution in [0.2, 0.25) is 0 Å². The monoisotopic (exact) mass is 786 g/mol. The molecule has 24 heteroatoms. The highest BCUT2D eigenvalue weighted by molar-refractivity contribution is 5.94. The molecule has 0 bridgehead atoms. The molecule has 16 N–H and O–H groups in total. The molecule has 0 spiro atoms. The van der Waals surface area contributed by atoms with Crippen molar-refractivity contribution in [2.45, 2.75) is 96.1 Å². The molecule has 0 rings (SSSR count). The third-order valence-corrected chi connectivity index (χ3v) is 7.38. The molecule has 24 nitrogen and oxygen atoms in total. The average Bonchev–Trinajstić information content (AvgIpc) is 3.12. The molecule has 0 aromatic heterocycles. The first kappa shape index (κ1) is 49.1. The molecule has 0 heterocycles. The largest absolute Gasteiger partial charge is 0.480 e. The zero-order valence-corrected chi connectivity index (χ0v) is 31.2. The molecule has 6 unspecified atom stereocenters. The number of carboxylic acid groups (broad SMARTS) is 1. The Balaban J connectivity index is 5.08. The highest BCUT2D eigenvalue weighted by Crippen LogP contribution is 2.05. The van der Waals surface area contributed by atoms with Gasteiger partial charge in [-0.05, 0) is 53.4 Å². The number of unbranched alkanes of at least 4 members (excludes halogenated alkanes) is 1. The maximum Gasteiger partial charge on any atom is 0.325 e. The van der Waals surface area contributed by atoms with E-state index in [1.165, 1.54) is 27.7 Å². The molecule has 0 aliphatic carbocycles. The smallest absolute Gasteiger partial charge is 0.325 e. The van der Waals surface area contributed by atoms with Crippen LogP contribution in [0.15, 0.2) is 0 Å². The first-order valence-electron chi connectivity index (χ1n) is 17.2. The Labute approximate surface area is 316 Å². The molecular formula is C31H54N12O12. The number of carboxylic acids is 1. The molecule has 55 heavy (non-hydrogen) atoms. The summed E-state index contributed by atoms with van der Waals surface area (Å²) in [4.78, 5) is 132. The number of hydrogen-bond donors (Lipinski definition) is 13. The Hall–Kier alpha value is -5.91. The number of carbonyl (C=O) groups is 11. The van der Waals surface area contributed by atoms with E-state index in [-0.39, 0.29) is 45.2 Å². The molecule has 0 fully saturated rings. The summed E-state index contributed by atoms with van der Waals surface area (Å²) in [6, 6.07) is -6.87. The normalized spacial score (nSPS) is 13.8. The van der Waals surface area contributed by atoms with Crippen LogP contribution in [0, 0.1) is 0 Å². The molecule has 310 valence electrons. The maximum absolute atomic E-state index is 13.1. The fraction of sp³-hybridized carbons (Fsp3) is 0.645. The van der Waals surface area contributed by atoms with E-state index in [4.69, 9.17) is 22.3 Å². The van der Waals surface area contributed by atoms with Crippen molar-refractivity contribution in [1.29, 1.82) is 0 Å². The molecular weight excluding hydrogens is 732 g/mol. The van der Waals surface area contributed by atoms with Crippen LogP contribution in [0.25, 0.3) is 0 Å². The van der Waals surface area contributed by atoms with Crippen LogP contribution in [0.1, 0.15) is 59.8 Å². The molecule has 0 saturated carbocycles. The van der Waals surface area contributed by atoms with Gasteiger partial charge >= 0.3 is 5.97 Å². The van der Waals surface area contributed by atoms with Crippen molar-refractivity contribution in [2.75, 3.05) is 32.7 Å². The lowest BCUT2D eigenvalue weighted by molar-refractivity contribution is -0.141. The van der Waals surface area contributed by atoms with Crippen molar-refractivity contribution in [3.63, 3.8) is 0 Å². The van der Waals surface area contributed by atoms with Crippen LogP contribution in [0.5, 0.6) is 0 Å². The summed E-state index contributed by atoms with van der Waals surface area (Å²) in [5.41, 5.74) is 15.9. The van der Waals surface area contributed by atoms with Gasteiger partial charge in [-0.3, -0.25) is 52.7 Å². The lowest BCUT2D eigenvalue weighted by atomic mass is 10.1. The summed E-state index contributed by atoms with van der Waals surface area (Å²) < 4.78 is 0. The van der Waals surface area contributed by atoms with Gasteiger partial charge in [-0.25, -0.2) is 0 Å². The van der Waals surface area contributed by atoms with E-state index in [0.29, 0.717) is 0 Å². The molecule has 0 aromatic carbocycles. The maximum atomic E-state index is 13.1. The van der Waals surface area contributed by atoms with Gasteiger partial charge in [-0.15, -0.1) is 0 Å². The zero-order chi connectivity index (χ0) is 42.2. The van der Waals surface area contributed by atoms with E-state index in [0.717, 1.165) is 0 Å². The van der Waals surface area contributed by atoms with Crippen LogP contribution in [0.4, 0.5) is 0 Å².